The molecule has 0 atom stereocenters. The fourth-order valence-corrected chi connectivity index (χ4v) is 11.0. The Balaban J connectivity index is 0.000000582. The molecular formula is C78H151N15. The van der Waals surface area contributed by atoms with Crippen molar-refractivity contribution in [2.75, 3.05) is 0 Å². The van der Waals surface area contributed by atoms with Gasteiger partial charge in [-0.05, 0) is 155 Å². The zero-order valence-electron chi connectivity index (χ0n) is 64.7. The molecule has 93 heavy (non-hydrogen) atoms. The minimum atomic E-state index is 0.730. The van der Waals surface area contributed by atoms with Crippen LogP contribution in [0.5, 0.6) is 0 Å². The van der Waals surface area contributed by atoms with E-state index in [4.69, 9.17) is 0 Å². The number of rotatable bonds is 48. The van der Waals surface area contributed by atoms with E-state index in [0.717, 1.165) is 130 Å². The van der Waals surface area contributed by atoms with Crippen LogP contribution in [0.2, 0.25) is 0 Å². The van der Waals surface area contributed by atoms with E-state index in [0.29, 0.717) is 0 Å². The van der Waals surface area contributed by atoms with E-state index in [1.807, 2.05) is 29.5 Å². The van der Waals surface area contributed by atoms with Crippen LogP contribution in [0, 0.1) is 59.2 Å². The minimum absolute atomic E-state index is 0.730. The first-order chi connectivity index (χ1) is 44.4. The predicted octanol–water partition coefficient (Wildman–Crippen LogP) is 21.6. The molecule has 15 heteroatoms. The topological polar surface area (TPSA) is 154 Å². The van der Waals surface area contributed by atoms with Gasteiger partial charge in [0.25, 0.3) is 0 Å². The molecular weight excluding hydrogens is 1150 g/mol. The predicted molar refractivity (Wildman–Crippen MR) is 396 cm³/mol. The molecule has 5 rings (SSSR count). The van der Waals surface area contributed by atoms with Crippen molar-refractivity contribution < 1.29 is 0 Å². The molecule has 0 saturated carbocycles. The molecule has 0 aliphatic carbocycles. The summed E-state index contributed by atoms with van der Waals surface area (Å²) in [5.41, 5.74) is 6.37. The van der Waals surface area contributed by atoms with Crippen LogP contribution in [0.1, 0.15) is 347 Å². The Morgan fingerprint density at radius 3 is 0.796 bits per heavy atom. The summed E-state index contributed by atoms with van der Waals surface area (Å²) in [4.78, 5) is 0. The van der Waals surface area contributed by atoms with Gasteiger partial charge in [-0.25, -0.2) is 18.7 Å². The second-order valence-electron chi connectivity index (χ2n) is 31.7. The van der Waals surface area contributed by atoms with Gasteiger partial charge < -0.3 is 0 Å². The second kappa shape index (κ2) is 55.8. The Morgan fingerprint density at radius 1 is 0.237 bits per heavy atom. The van der Waals surface area contributed by atoms with Gasteiger partial charge in [-0.3, -0.25) is 4.68 Å². The van der Waals surface area contributed by atoms with E-state index in [9.17, 15) is 0 Å². The zero-order valence-corrected chi connectivity index (χ0v) is 64.7. The first-order valence-electron chi connectivity index (χ1n) is 38.8. The van der Waals surface area contributed by atoms with E-state index < -0.39 is 0 Å². The SMILES string of the molecule is CC(C)CCCCCCn1nncc1CCC(C)C.CC(C)CCCCCCn1nncc1CCC(C)C.CC(C)CCCCCn1nncc1CCCC(C)C.CC(C)CCCCCn1nncc1CCCC(C)C.CC(C)CCCCc1cn(CCC(C)C)nn1. The van der Waals surface area contributed by atoms with Gasteiger partial charge in [0.05, 0.1) is 53.3 Å². The zero-order chi connectivity index (χ0) is 69.0. The second-order valence-corrected chi connectivity index (χ2v) is 31.7. The monoisotopic (exact) mass is 1300 g/mol. The molecule has 0 aromatic carbocycles. The fraction of sp³-hybridized carbons (Fsp3) is 0.872. The quantitative estimate of drug-likeness (QED) is 0.0344. The highest BCUT2D eigenvalue weighted by Crippen LogP contribution is 2.18. The Hall–Kier alpha value is -4.30. The van der Waals surface area contributed by atoms with Crippen LogP contribution in [0.15, 0.2) is 31.0 Å². The Kier molecular flexibility index (Phi) is 52.0. The maximum Gasteiger partial charge on any atom is 0.0827 e. The van der Waals surface area contributed by atoms with Crippen LogP contribution in [0.25, 0.3) is 0 Å². The van der Waals surface area contributed by atoms with Gasteiger partial charge in [-0.1, -0.05) is 280 Å². The molecule has 538 valence electrons. The molecule has 0 radical (unpaired) electrons. The van der Waals surface area contributed by atoms with Crippen LogP contribution in [0.3, 0.4) is 0 Å². The maximum atomic E-state index is 4.22. The molecule has 0 bridgehead atoms. The molecule has 0 aliphatic rings. The number of aromatic nitrogens is 15. The van der Waals surface area contributed by atoms with Gasteiger partial charge in [0, 0.05) is 38.9 Å². The molecule has 0 amide bonds. The molecule has 0 unspecified atom stereocenters. The largest absolute Gasteiger partial charge is 0.252 e. The highest BCUT2D eigenvalue weighted by atomic mass is 15.4. The van der Waals surface area contributed by atoms with Crippen molar-refractivity contribution in [3.63, 3.8) is 0 Å². The summed E-state index contributed by atoms with van der Waals surface area (Å²) in [7, 11) is 0. The van der Waals surface area contributed by atoms with Gasteiger partial charge in [-0.15, -0.1) is 25.5 Å². The van der Waals surface area contributed by atoms with Gasteiger partial charge in [0.1, 0.15) is 0 Å². The van der Waals surface area contributed by atoms with Crippen molar-refractivity contribution in [1.29, 1.82) is 0 Å². The first kappa shape index (κ1) is 86.7. The van der Waals surface area contributed by atoms with Crippen LogP contribution in [0.4, 0.5) is 0 Å². The number of aryl methyl sites for hydroxylation is 10. The van der Waals surface area contributed by atoms with Crippen molar-refractivity contribution in [2.24, 2.45) is 59.2 Å². The Morgan fingerprint density at radius 2 is 0.495 bits per heavy atom. The minimum Gasteiger partial charge on any atom is -0.252 e. The van der Waals surface area contributed by atoms with E-state index in [-0.39, 0.29) is 0 Å². The summed E-state index contributed by atoms with van der Waals surface area (Å²) in [5.74, 6) is 7.98. The van der Waals surface area contributed by atoms with E-state index in [1.165, 1.54) is 203 Å². The van der Waals surface area contributed by atoms with Crippen molar-refractivity contribution in [1.82, 2.24) is 75.0 Å². The smallest absolute Gasteiger partial charge is 0.0827 e. The van der Waals surface area contributed by atoms with E-state index in [2.05, 4.69) is 215 Å². The fourth-order valence-electron chi connectivity index (χ4n) is 11.0. The lowest BCUT2D eigenvalue weighted by atomic mass is 10.0. The number of hydrogen-bond donors (Lipinski definition) is 0. The summed E-state index contributed by atoms with van der Waals surface area (Å²) in [6.07, 6.45) is 51.7. The molecule has 5 heterocycles. The molecule has 5 aromatic heterocycles. The Bertz CT molecular complexity index is 2240. The van der Waals surface area contributed by atoms with Crippen LogP contribution in [-0.4, -0.2) is 75.0 Å². The average molecular weight is 1300 g/mol. The molecule has 0 N–H and O–H groups in total. The third-order valence-electron chi connectivity index (χ3n) is 17.3. The van der Waals surface area contributed by atoms with Gasteiger partial charge >= 0.3 is 0 Å². The van der Waals surface area contributed by atoms with Crippen molar-refractivity contribution in [3.05, 3.63) is 59.5 Å². The average Bonchev–Trinajstić information content (AvgIpc) is 2.59. The van der Waals surface area contributed by atoms with E-state index in [1.54, 1.807) is 0 Å². The highest BCUT2D eigenvalue weighted by Gasteiger charge is 2.10. The summed E-state index contributed by atoms with van der Waals surface area (Å²) < 4.78 is 10.4. The molecule has 5 aromatic rings. The lowest BCUT2D eigenvalue weighted by molar-refractivity contribution is 0.474. The van der Waals surface area contributed by atoms with Gasteiger partial charge in [-0.2, -0.15) is 0 Å². The van der Waals surface area contributed by atoms with Crippen LogP contribution >= 0.6 is 0 Å². The van der Waals surface area contributed by atoms with Crippen molar-refractivity contribution in [2.45, 2.75) is 383 Å². The number of unbranched alkanes of at least 4 members (excludes halogenated alkanes) is 11. The van der Waals surface area contributed by atoms with Crippen LogP contribution < -0.4 is 0 Å². The van der Waals surface area contributed by atoms with Crippen molar-refractivity contribution >= 4 is 0 Å². The summed E-state index contributed by atoms with van der Waals surface area (Å²) in [5, 5.41) is 41.5. The highest BCUT2D eigenvalue weighted by molar-refractivity contribution is 4.97. The molecule has 0 spiro atoms. The van der Waals surface area contributed by atoms with Gasteiger partial charge in [0.15, 0.2) is 0 Å². The lowest BCUT2D eigenvalue weighted by Gasteiger charge is -2.08. The van der Waals surface area contributed by atoms with Gasteiger partial charge in [0.2, 0.25) is 0 Å². The normalized spacial score (nSPS) is 11.7. The molecule has 15 nitrogen and oxygen atoms in total. The summed E-state index contributed by atoms with van der Waals surface area (Å²) >= 11 is 0. The summed E-state index contributed by atoms with van der Waals surface area (Å²) in [6, 6.07) is 0. The van der Waals surface area contributed by atoms with Crippen molar-refractivity contribution in [3.8, 4) is 0 Å². The summed E-state index contributed by atoms with van der Waals surface area (Å²) in [6.45, 7) is 50.8. The van der Waals surface area contributed by atoms with Crippen LogP contribution in [-0.2, 0) is 64.8 Å². The Labute approximate surface area is 573 Å². The standard InChI is InChI=1S/4C16H31N3.C14H27N3/c2*1-14(2)9-6-5-7-12-19-16(13-17-18-19)11-8-10-15(3)4;2*1-14(2)9-7-5-6-8-12-19-16(13-17-18-19)11-10-15(3)4;1-12(2)7-5-6-8-14-11-17(16-15-14)10-9-13(3)4/h4*13-15H,5-12H2,1-4H3;11-13H,5-10H2,1-4H3. The number of hydrogen-bond acceptors (Lipinski definition) is 10. The molecule has 0 aliphatic heterocycles. The lowest BCUT2D eigenvalue weighted by Crippen LogP contribution is -2.06. The molecule has 0 saturated heterocycles. The third-order valence-corrected chi connectivity index (χ3v) is 17.3. The number of nitrogens with zero attached hydrogens (tertiary/aromatic N) is 15. The van der Waals surface area contributed by atoms with E-state index >= 15 is 0 Å². The molecule has 0 fully saturated rings. The third kappa shape index (κ3) is 50.7. The first-order valence-corrected chi connectivity index (χ1v) is 38.8. The maximum absolute atomic E-state index is 4.22.